The Morgan fingerprint density at radius 1 is 0.711 bits per heavy atom. The van der Waals surface area contributed by atoms with Gasteiger partial charge < -0.3 is 24.2 Å². The first kappa shape index (κ1) is 71.6. The molecule has 0 radical (unpaired) electrons. The number of rotatable bonds is 7. The Morgan fingerprint density at radius 3 is 1.16 bits per heavy atom. The molecule has 15 heteroatoms. The number of phosphoric acid groups is 1. The summed E-state index contributed by atoms with van der Waals surface area (Å²) < 4.78 is 32.8. The first-order valence-corrected chi connectivity index (χ1v) is 12.8. The predicted octanol–water partition coefficient (Wildman–Crippen LogP) is 6.38. The molecule has 3 N–H and O–H groups in total. The van der Waals surface area contributed by atoms with Crippen molar-refractivity contribution >= 4 is 27.1 Å². The number of phosphoric ester groups is 1. The van der Waals surface area contributed by atoms with Gasteiger partial charge in [0.2, 0.25) is 0 Å². The Morgan fingerprint density at radius 2 is 1.03 bits per heavy atom. The summed E-state index contributed by atoms with van der Waals surface area (Å²) in [6, 6.07) is 12.0. The molecular weight excluding hydrogens is 1050 g/mol. The number of hydrogen-bond acceptors (Lipinski definition) is 7. The molecule has 0 heterocycles. The van der Waals surface area contributed by atoms with E-state index in [9.17, 15) is 18.7 Å². The molecule has 0 spiro atoms. The van der Waals surface area contributed by atoms with Gasteiger partial charge in [0.05, 0.1) is 27.2 Å². The van der Waals surface area contributed by atoms with E-state index in [0.29, 0.717) is 12.6 Å². The molecule has 0 aliphatic rings. The van der Waals surface area contributed by atoms with Gasteiger partial charge in [0, 0.05) is 82.4 Å². The van der Waals surface area contributed by atoms with Gasteiger partial charge in [-0.15, -0.1) is 0 Å². The van der Waals surface area contributed by atoms with Crippen molar-refractivity contribution in [1.29, 1.82) is 0 Å². The number of esters is 2. The Labute approximate surface area is 276 Å². The summed E-state index contributed by atoms with van der Waals surface area (Å²) in [6.07, 6.45) is 1.55. The Balaban J connectivity index is -0.0000000272. The average molecular weight is 1100 g/mol. The number of carbonyl (C=O) groups is 2. The second-order valence-electron chi connectivity index (χ2n) is 5.51. The van der Waals surface area contributed by atoms with Crippen molar-refractivity contribution in [3.05, 3.63) is 36.4 Å². The van der Waals surface area contributed by atoms with Crippen LogP contribution in [-0.2, 0) is 95.9 Å². The number of benzene rings is 1. The topological polar surface area (TPSA) is 157 Å². The fourth-order valence-corrected chi connectivity index (χ4v) is 2.45. The van der Waals surface area contributed by atoms with E-state index in [-0.39, 0.29) is 119 Å². The van der Waals surface area contributed by atoms with Crippen LogP contribution in [0.5, 0.6) is 0 Å². The molecule has 0 aliphatic carbocycles. The van der Waals surface area contributed by atoms with Crippen LogP contribution in [0.15, 0.2) is 36.4 Å². The molecule has 0 saturated carbocycles. The first-order chi connectivity index (χ1) is 13.8. The van der Waals surface area contributed by atoms with E-state index in [2.05, 4.69) is 14.0 Å². The number of ether oxygens (including phenoxy) is 2. The van der Waals surface area contributed by atoms with Crippen molar-refractivity contribution in [2.24, 2.45) is 0 Å². The standard InChI is InChI=1S/C6H6.C4H9O6P.C4H11O2P.C4H8O2.5CH4.3W/c1-2-4-6-5-3-1;1-9-4(5)2-3-10-11(6,7)8;1-3-4-7(2,5)6;1-3-4(5)6-2;;;;;;;;/h1-6H;2-3H2,1H3,(H2,6,7,8);3-4H2,1-2H3,(H,5,6);3H2,1-2H3;5*1H4;;;. The molecule has 1 rings (SSSR count). The van der Waals surface area contributed by atoms with Gasteiger partial charge in [0.1, 0.15) is 0 Å². The quantitative estimate of drug-likeness (QED) is 0.207. The normalized spacial score (nSPS) is 9.16. The van der Waals surface area contributed by atoms with Gasteiger partial charge in [-0.1, -0.05) is 87.4 Å². The summed E-state index contributed by atoms with van der Waals surface area (Å²) in [7, 11) is -4.54. The third kappa shape index (κ3) is 83.3. The van der Waals surface area contributed by atoms with Crippen molar-refractivity contribution in [1.82, 2.24) is 0 Å². The number of methoxy groups -OCH3 is 2. The van der Waals surface area contributed by atoms with Crippen LogP contribution in [0.2, 0.25) is 0 Å². The van der Waals surface area contributed by atoms with E-state index in [4.69, 9.17) is 14.7 Å². The van der Waals surface area contributed by atoms with Crippen molar-refractivity contribution < 1.29 is 111 Å². The van der Waals surface area contributed by atoms with Gasteiger partial charge in [-0.25, -0.2) is 4.57 Å². The maximum Gasteiger partial charge on any atom is 0.469 e. The molecular formula is C23H54O10P2W3. The van der Waals surface area contributed by atoms with Crippen LogP contribution < -0.4 is 0 Å². The van der Waals surface area contributed by atoms with E-state index in [0.717, 1.165) is 6.42 Å². The van der Waals surface area contributed by atoms with Crippen LogP contribution in [0.4, 0.5) is 0 Å². The summed E-state index contributed by atoms with van der Waals surface area (Å²) in [6.45, 7) is 4.70. The van der Waals surface area contributed by atoms with Gasteiger partial charge in [-0.05, 0) is 6.42 Å². The SMILES string of the molecule is C.C.C.C.C.CCC(=O)OC.CCCP(C)(=O)O.COC(=O)CCOP(=O)(O)O.[W].[W].[W].c1ccccc1. The van der Waals surface area contributed by atoms with Gasteiger partial charge in [0.25, 0.3) is 0 Å². The van der Waals surface area contributed by atoms with Crippen molar-refractivity contribution in [3.63, 3.8) is 0 Å². The minimum Gasteiger partial charge on any atom is -0.469 e. The minimum atomic E-state index is -4.44. The van der Waals surface area contributed by atoms with Crippen molar-refractivity contribution in [2.75, 3.05) is 33.7 Å². The minimum absolute atomic E-state index is 0. The number of hydrogen-bond donors (Lipinski definition) is 3. The second-order valence-corrected chi connectivity index (χ2v) is 9.30. The van der Waals surface area contributed by atoms with Crippen LogP contribution in [0.1, 0.15) is 70.2 Å². The second kappa shape index (κ2) is 47.3. The molecule has 0 aliphatic heterocycles. The predicted molar refractivity (Wildman–Crippen MR) is 148 cm³/mol. The van der Waals surface area contributed by atoms with Crippen LogP contribution >= 0.6 is 15.2 Å². The molecule has 234 valence electrons. The summed E-state index contributed by atoms with van der Waals surface area (Å²) in [5.74, 6) is -0.728. The van der Waals surface area contributed by atoms with E-state index in [1.807, 2.05) is 43.3 Å². The zero-order chi connectivity index (χ0) is 24.1. The largest absolute Gasteiger partial charge is 0.469 e. The third-order valence-electron chi connectivity index (χ3n) is 2.61. The molecule has 1 atom stereocenters. The summed E-state index contributed by atoms with van der Waals surface area (Å²) in [5.41, 5.74) is 0. The molecule has 1 aromatic carbocycles. The fourth-order valence-electron chi connectivity index (χ4n) is 1.29. The van der Waals surface area contributed by atoms with E-state index in [1.165, 1.54) is 20.9 Å². The zero-order valence-electron chi connectivity index (χ0n) is 19.3. The first-order valence-electron chi connectivity index (χ1n) is 8.95. The van der Waals surface area contributed by atoms with Gasteiger partial charge in [0.15, 0.2) is 7.37 Å². The molecule has 0 aromatic heterocycles. The molecule has 10 nitrogen and oxygen atoms in total. The fraction of sp³-hybridized carbons (Fsp3) is 0.652. The Hall–Kier alpha value is 0.525. The molecule has 0 bridgehead atoms. The smallest absolute Gasteiger partial charge is 0.469 e. The monoisotopic (exact) mass is 1100 g/mol. The maximum atomic E-state index is 10.4. The molecule has 0 amide bonds. The molecule has 1 aromatic rings. The summed E-state index contributed by atoms with van der Waals surface area (Å²) >= 11 is 0. The summed E-state index contributed by atoms with van der Waals surface area (Å²) in [5, 5.41) is 0. The molecule has 1 unspecified atom stereocenters. The molecule has 0 saturated heterocycles. The Bertz CT molecular complexity index is 611. The van der Waals surface area contributed by atoms with Crippen molar-refractivity contribution in [2.45, 2.75) is 70.2 Å². The zero-order valence-corrected chi connectivity index (χ0v) is 29.9. The van der Waals surface area contributed by atoms with E-state index >= 15 is 0 Å². The Kier molecular flexibility index (Phi) is 89.2. The molecule has 38 heavy (non-hydrogen) atoms. The van der Waals surface area contributed by atoms with E-state index in [1.54, 1.807) is 6.92 Å². The van der Waals surface area contributed by atoms with Gasteiger partial charge in [-0.2, -0.15) is 0 Å². The maximum absolute atomic E-state index is 10.4. The van der Waals surface area contributed by atoms with Gasteiger partial charge >= 0.3 is 19.8 Å². The van der Waals surface area contributed by atoms with Gasteiger partial charge in [-0.3, -0.25) is 18.7 Å². The van der Waals surface area contributed by atoms with Crippen LogP contribution in [0.25, 0.3) is 0 Å². The van der Waals surface area contributed by atoms with Crippen molar-refractivity contribution in [3.8, 4) is 0 Å². The summed E-state index contributed by atoms with van der Waals surface area (Å²) in [4.78, 5) is 45.2. The van der Waals surface area contributed by atoms with E-state index < -0.39 is 21.2 Å². The van der Waals surface area contributed by atoms with Crippen LogP contribution in [-0.4, -0.2) is 60.3 Å². The average Bonchev–Trinajstić information content (AvgIpc) is 2.68. The number of carbonyl (C=O) groups excluding carboxylic acids is 2. The van der Waals surface area contributed by atoms with Crippen LogP contribution in [0.3, 0.4) is 0 Å². The van der Waals surface area contributed by atoms with Crippen LogP contribution in [0, 0.1) is 0 Å². The molecule has 0 fully saturated rings. The third-order valence-corrected chi connectivity index (χ3v) is 4.41.